The molecule has 0 spiro atoms. The minimum absolute atomic E-state index is 0.117. The van der Waals surface area contributed by atoms with E-state index in [4.69, 9.17) is 4.74 Å². The minimum atomic E-state index is -0.397. The fraction of sp³-hybridized carbons (Fsp3) is 0.100. The molecule has 6 nitrogen and oxygen atoms in total. The Labute approximate surface area is 91.2 Å². The molecular weight excluding hydrogens is 210 g/mol. The second-order valence-corrected chi connectivity index (χ2v) is 2.95. The van der Waals surface area contributed by atoms with Gasteiger partial charge in [-0.15, -0.1) is 0 Å². The quantitative estimate of drug-likeness (QED) is 0.842. The molecule has 1 amide bonds. The Hall–Kier alpha value is -2.37. The Morgan fingerprint density at radius 3 is 2.94 bits per heavy atom. The number of nitrogens with one attached hydrogen (secondary N) is 1. The zero-order valence-corrected chi connectivity index (χ0v) is 8.51. The van der Waals surface area contributed by atoms with Crippen LogP contribution in [0.5, 0.6) is 5.75 Å². The van der Waals surface area contributed by atoms with E-state index in [1.807, 2.05) is 6.07 Å². The molecule has 1 N–H and O–H groups in total. The normalized spacial score (nSPS) is 9.81. The summed E-state index contributed by atoms with van der Waals surface area (Å²) in [5.74, 6) is 0.179. The van der Waals surface area contributed by atoms with Crippen LogP contribution in [-0.4, -0.2) is 23.3 Å². The van der Waals surface area contributed by atoms with Gasteiger partial charge in [0.15, 0.2) is 5.69 Å². The maximum atomic E-state index is 11.6. The Kier molecular flexibility index (Phi) is 2.81. The van der Waals surface area contributed by atoms with Gasteiger partial charge in [0, 0.05) is 0 Å². The lowest BCUT2D eigenvalue weighted by molar-refractivity contribution is 0.101. The standard InChI is InChI=1S/C10H9N3O3/c1-15-9-5-3-2-4-7(9)12-10(14)8-6-11-16-13-8/h2-6H,1H3,(H,12,14). The van der Waals surface area contributed by atoms with Crippen LogP contribution in [0.3, 0.4) is 0 Å². The third-order valence-electron chi connectivity index (χ3n) is 1.95. The number of anilines is 1. The summed E-state index contributed by atoms with van der Waals surface area (Å²) in [6.07, 6.45) is 1.24. The van der Waals surface area contributed by atoms with Gasteiger partial charge in [0.2, 0.25) is 0 Å². The van der Waals surface area contributed by atoms with Crippen molar-refractivity contribution in [3.05, 3.63) is 36.2 Å². The van der Waals surface area contributed by atoms with Crippen LogP contribution in [0.2, 0.25) is 0 Å². The molecule has 0 aliphatic rings. The first kappa shape index (κ1) is 10.2. The van der Waals surface area contributed by atoms with Gasteiger partial charge in [0.25, 0.3) is 5.91 Å². The van der Waals surface area contributed by atoms with E-state index in [1.165, 1.54) is 13.3 Å². The lowest BCUT2D eigenvalue weighted by Crippen LogP contribution is -2.12. The van der Waals surface area contributed by atoms with Gasteiger partial charge in [0.1, 0.15) is 11.9 Å². The highest BCUT2D eigenvalue weighted by Gasteiger charge is 2.12. The van der Waals surface area contributed by atoms with Crippen LogP contribution in [0, 0.1) is 0 Å². The maximum absolute atomic E-state index is 11.6. The van der Waals surface area contributed by atoms with Crippen molar-refractivity contribution in [2.24, 2.45) is 0 Å². The zero-order valence-electron chi connectivity index (χ0n) is 8.51. The number of nitrogens with zero attached hydrogens (tertiary/aromatic N) is 2. The first-order valence-corrected chi connectivity index (χ1v) is 4.53. The van der Waals surface area contributed by atoms with Gasteiger partial charge in [-0.2, -0.15) is 0 Å². The van der Waals surface area contributed by atoms with Gasteiger partial charge >= 0.3 is 0 Å². The Morgan fingerprint density at radius 2 is 2.25 bits per heavy atom. The van der Waals surface area contributed by atoms with Gasteiger partial charge in [-0.1, -0.05) is 17.3 Å². The van der Waals surface area contributed by atoms with Crippen LogP contribution >= 0.6 is 0 Å². The van der Waals surface area contributed by atoms with Crippen LogP contribution in [-0.2, 0) is 0 Å². The highest BCUT2D eigenvalue weighted by molar-refractivity contribution is 6.03. The molecule has 0 fully saturated rings. The molecule has 0 aliphatic heterocycles. The summed E-state index contributed by atoms with van der Waals surface area (Å²) in [6, 6.07) is 7.08. The minimum Gasteiger partial charge on any atom is -0.495 e. The van der Waals surface area contributed by atoms with Crippen molar-refractivity contribution in [3.8, 4) is 5.75 Å². The number of rotatable bonds is 3. The molecule has 6 heteroatoms. The van der Waals surface area contributed by atoms with Crippen molar-refractivity contribution in [2.45, 2.75) is 0 Å². The van der Waals surface area contributed by atoms with E-state index in [0.29, 0.717) is 11.4 Å². The molecule has 0 saturated heterocycles. The Balaban J connectivity index is 2.18. The molecule has 1 aromatic heterocycles. The highest BCUT2D eigenvalue weighted by atomic mass is 16.6. The van der Waals surface area contributed by atoms with Gasteiger partial charge in [-0.05, 0) is 17.3 Å². The molecule has 2 aromatic rings. The number of carbonyl (C=O) groups is 1. The molecule has 0 radical (unpaired) electrons. The molecule has 82 valence electrons. The predicted molar refractivity (Wildman–Crippen MR) is 55.2 cm³/mol. The van der Waals surface area contributed by atoms with Crippen molar-refractivity contribution in [2.75, 3.05) is 12.4 Å². The first-order valence-electron chi connectivity index (χ1n) is 4.53. The van der Waals surface area contributed by atoms with Crippen molar-refractivity contribution < 1.29 is 14.2 Å². The molecule has 0 saturated carbocycles. The number of para-hydroxylation sites is 2. The lowest BCUT2D eigenvalue weighted by Gasteiger charge is -2.07. The number of aromatic nitrogens is 2. The molecule has 0 bridgehead atoms. The van der Waals surface area contributed by atoms with Crippen LogP contribution in [0.25, 0.3) is 0 Å². The first-order chi connectivity index (χ1) is 7.81. The van der Waals surface area contributed by atoms with Crippen LogP contribution in [0.15, 0.2) is 35.1 Å². The Bertz CT molecular complexity index is 482. The largest absolute Gasteiger partial charge is 0.495 e. The molecule has 1 heterocycles. The van der Waals surface area contributed by atoms with Gasteiger partial charge < -0.3 is 10.1 Å². The summed E-state index contributed by atoms with van der Waals surface area (Å²) in [7, 11) is 1.53. The molecule has 0 aliphatic carbocycles. The molecule has 0 unspecified atom stereocenters. The average Bonchev–Trinajstić information content (AvgIpc) is 2.83. The number of hydrogen-bond donors (Lipinski definition) is 1. The summed E-state index contributed by atoms with van der Waals surface area (Å²) in [5, 5.41) is 9.42. The van der Waals surface area contributed by atoms with Gasteiger partial charge in [-0.3, -0.25) is 4.79 Å². The van der Waals surface area contributed by atoms with E-state index in [2.05, 4.69) is 20.3 Å². The summed E-state index contributed by atoms with van der Waals surface area (Å²) in [5.41, 5.74) is 0.684. The van der Waals surface area contributed by atoms with Crippen molar-refractivity contribution in [1.82, 2.24) is 10.3 Å². The summed E-state index contributed by atoms with van der Waals surface area (Å²) in [6.45, 7) is 0. The van der Waals surface area contributed by atoms with Crippen LogP contribution < -0.4 is 10.1 Å². The SMILES string of the molecule is COc1ccccc1NC(=O)c1cnon1. The number of benzene rings is 1. The number of methoxy groups -OCH3 is 1. The third kappa shape index (κ3) is 2.00. The van der Waals surface area contributed by atoms with Gasteiger partial charge in [-0.25, -0.2) is 4.63 Å². The van der Waals surface area contributed by atoms with Crippen LogP contribution in [0.1, 0.15) is 10.5 Å². The third-order valence-corrected chi connectivity index (χ3v) is 1.95. The van der Waals surface area contributed by atoms with Crippen molar-refractivity contribution in [1.29, 1.82) is 0 Å². The smallest absolute Gasteiger partial charge is 0.279 e. The fourth-order valence-corrected chi connectivity index (χ4v) is 1.20. The maximum Gasteiger partial charge on any atom is 0.279 e. The second kappa shape index (κ2) is 4.43. The molecule has 0 atom stereocenters. The number of hydrogen-bond acceptors (Lipinski definition) is 5. The molecular formula is C10H9N3O3. The van der Waals surface area contributed by atoms with Crippen molar-refractivity contribution >= 4 is 11.6 Å². The molecule has 16 heavy (non-hydrogen) atoms. The second-order valence-electron chi connectivity index (χ2n) is 2.95. The van der Waals surface area contributed by atoms with Gasteiger partial charge in [0.05, 0.1) is 12.8 Å². The summed E-state index contributed by atoms with van der Waals surface area (Å²) in [4.78, 5) is 11.6. The lowest BCUT2D eigenvalue weighted by atomic mass is 10.3. The molecule has 1 aromatic carbocycles. The summed E-state index contributed by atoms with van der Waals surface area (Å²) >= 11 is 0. The topological polar surface area (TPSA) is 77.2 Å². The van der Waals surface area contributed by atoms with E-state index < -0.39 is 5.91 Å². The zero-order chi connectivity index (χ0) is 11.4. The fourth-order valence-electron chi connectivity index (χ4n) is 1.20. The van der Waals surface area contributed by atoms with Crippen molar-refractivity contribution in [3.63, 3.8) is 0 Å². The van der Waals surface area contributed by atoms with E-state index in [-0.39, 0.29) is 5.69 Å². The Morgan fingerprint density at radius 1 is 1.44 bits per heavy atom. The molecule has 2 rings (SSSR count). The van der Waals surface area contributed by atoms with E-state index in [1.54, 1.807) is 18.2 Å². The van der Waals surface area contributed by atoms with Crippen LogP contribution in [0.4, 0.5) is 5.69 Å². The highest BCUT2D eigenvalue weighted by Crippen LogP contribution is 2.23. The average molecular weight is 219 g/mol. The monoisotopic (exact) mass is 219 g/mol. The van der Waals surface area contributed by atoms with E-state index >= 15 is 0 Å². The predicted octanol–water partition coefficient (Wildman–Crippen LogP) is 1.33. The number of amides is 1. The summed E-state index contributed by atoms with van der Waals surface area (Å²) < 4.78 is 9.43. The van der Waals surface area contributed by atoms with E-state index in [0.717, 1.165) is 0 Å². The number of carbonyl (C=O) groups excluding carboxylic acids is 1. The number of ether oxygens (including phenoxy) is 1. The van der Waals surface area contributed by atoms with E-state index in [9.17, 15) is 4.79 Å².